The van der Waals surface area contributed by atoms with Crippen LogP contribution in [0.1, 0.15) is 13.8 Å². The number of rotatable bonds is 4. The Morgan fingerprint density at radius 2 is 1.69 bits per heavy atom. The predicted molar refractivity (Wildman–Crippen MR) is 42.9 cm³/mol. The number of hydrogen-bond donors (Lipinski definition) is 1. The molecule has 0 aromatic carbocycles. The summed E-state index contributed by atoms with van der Waals surface area (Å²) in [5, 5.41) is 8.76. The van der Waals surface area contributed by atoms with Gasteiger partial charge in [-0.15, -0.1) is 0 Å². The summed E-state index contributed by atoms with van der Waals surface area (Å²) < 4.78 is 35.7. The minimum Gasteiger partial charge on any atom is -0.448 e. The van der Waals surface area contributed by atoms with Gasteiger partial charge in [0.05, 0.1) is 6.61 Å². The van der Waals surface area contributed by atoms with Crippen LogP contribution >= 0.6 is 0 Å². The Bertz CT molecular complexity index is 153. The van der Waals surface area contributed by atoms with E-state index in [1.807, 2.05) is 0 Å². The van der Waals surface area contributed by atoms with Crippen LogP contribution in [0.3, 0.4) is 0 Å². The number of likely N-dealkylation sites (N-methyl/N-ethyl adjacent to an activating group) is 1. The molecule has 0 spiro atoms. The van der Waals surface area contributed by atoms with Crippen LogP contribution in [-0.4, -0.2) is 42.6 Å². The fourth-order valence-corrected chi connectivity index (χ4v) is 0.678. The van der Waals surface area contributed by atoms with Crippen molar-refractivity contribution in [2.24, 2.45) is 0 Å². The van der Waals surface area contributed by atoms with Crippen molar-refractivity contribution in [1.29, 1.82) is 0 Å². The summed E-state index contributed by atoms with van der Waals surface area (Å²) in [5.74, 6) is 0. The second-order valence-electron chi connectivity index (χ2n) is 3.56. The Kier molecular flexibility index (Phi) is 7.89. The van der Waals surface area contributed by atoms with Crippen LogP contribution in [0.4, 0.5) is 12.9 Å². The summed E-state index contributed by atoms with van der Waals surface area (Å²) in [6.07, 6.45) is -0.937. The minimum atomic E-state index is -4.80. The molecule has 0 radical (unpaired) electrons. The summed E-state index contributed by atoms with van der Waals surface area (Å²) in [5.41, 5.74) is -0.808. The summed E-state index contributed by atoms with van der Waals surface area (Å²) in [6.45, 7) is -1.96. The summed E-state index contributed by atoms with van der Waals surface area (Å²) in [7, 11) is 1.35. The Labute approximate surface area is 119 Å². The van der Waals surface area contributed by atoms with Crippen LogP contribution < -0.4 is 51.4 Å². The third-order valence-electron chi connectivity index (χ3n) is 1.90. The molecule has 74 valence electrons. The molecular weight excluding hydrogens is 209 g/mol. The quantitative estimate of drug-likeness (QED) is 0.562. The van der Waals surface area contributed by atoms with Crippen LogP contribution in [0.25, 0.3) is 0 Å². The van der Waals surface area contributed by atoms with Crippen LogP contribution in [0.2, 0.25) is 0 Å². The molecule has 13 heavy (non-hydrogen) atoms. The number of aliphatic hydroxyl groups is 1. The first kappa shape index (κ1) is 16.8. The Balaban J connectivity index is 0. The zero-order chi connectivity index (χ0) is 9.99. The van der Waals surface area contributed by atoms with Gasteiger partial charge < -0.3 is 23.0 Å². The van der Waals surface area contributed by atoms with Crippen molar-refractivity contribution in [2.45, 2.75) is 19.4 Å². The Morgan fingerprint density at radius 3 is 1.92 bits per heavy atom. The topological polar surface area (TPSA) is 23.5 Å². The molecule has 0 aliphatic rings. The van der Waals surface area contributed by atoms with Crippen molar-refractivity contribution < 1.29 is 69.4 Å². The molecule has 0 aliphatic carbocycles. The van der Waals surface area contributed by atoms with Crippen LogP contribution in [0, 0.1) is 0 Å². The molecule has 0 saturated carbocycles. The standard InChI is InChI=1S/C6H14BF3NO.K/c1-6(2,4-12)11(3)5-7(8,9)10;/h12H,4-5H2,1-3H3;/q-1;+1. The van der Waals surface area contributed by atoms with Crippen LogP contribution in [-0.2, 0) is 0 Å². The molecule has 0 aliphatic heterocycles. The molecule has 7 heteroatoms. The van der Waals surface area contributed by atoms with E-state index in [0.717, 1.165) is 4.90 Å². The van der Waals surface area contributed by atoms with Crippen molar-refractivity contribution in [2.75, 3.05) is 20.1 Å². The molecule has 0 fully saturated rings. The predicted octanol–water partition coefficient (Wildman–Crippen LogP) is -1.92. The minimum absolute atomic E-state index is 0. The monoisotopic (exact) mass is 223 g/mol. The molecule has 2 nitrogen and oxygen atoms in total. The van der Waals surface area contributed by atoms with Gasteiger partial charge in [0.25, 0.3) is 0 Å². The fraction of sp³-hybridized carbons (Fsp3) is 1.00. The zero-order valence-electron chi connectivity index (χ0n) is 8.52. The Hall–Kier alpha value is 1.41. The maximum Gasteiger partial charge on any atom is 1.00 e. The number of aliphatic hydroxyl groups excluding tert-OH is 1. The molecule has 0 aromatic rings. The van der Waals surface area contributed by atoms with Crippen molar-refractivity contribution in [3.05, 3.63) is 0 Å². The van der Waals surface area contributed by atoms with E-state index in [2.05, 4.69) is 0 Å². The van der Waals surface area contributed by atoms with E-state index in [9.17, 15) is 12.9 Å². The van der Waals surface area contributed by atoms with E-state index in [1.165, 1.54) is 7.05 Å². The van der Waals surface area contributed by atoms with E-state index in [4.69, 9.17) is 5.11 Å². The molecule has 0 unspecified atom stereocenters. The summed E-state index contributed by atoms with van der Waals surface area (Å²) in [6, 6.07) is 0. The zero-order valence-corrected chi connectivity index (χ0v) is 11.6. The summed E-state index contributed by atoms with van der Waals surface area (Å²) in [4.78, 5) is 1.10. The molecule has 0 atom stereocenters. The van der Waals surface area contributed by atoms with Gasteiger partial charge in [0.15, 0.2) is 0 Å². The van der Waals surface area contributed by atoms with Gasteiger partial charge in [-0.2, -0.15) is 0 Å². The van der Waals surface area contributed by atoms with Gasteiger partial charge in [-0.05, 0) is 27.3 Å². The smallest absolute Gasteiger partial charge is 0.448 e. The third-order valence-corrected chi connectivity index (χ3v) is 1.90. The first-order chi connectivity index (χ1) is 5.19. The third kappa shape index (κ3) is 7.35. The maximum absolute atomic E-state index is 11.9. The normalized spacial score (nSPS) is 12.9. The molecule has 1 N–H and O–H groups in total. The Morgan fingerprint density at radius 1 is 1.31 bits per heavy atom. The van der Waals surface area contributed by atoms with Gasteiger partial charge in [-0.1, -0.05) is 0 Å². The first-order valence-electron chi connectivity index (χ1n) is 3.72. The van der Waals surface area contributed by atoms with Crippen LogP contribution in [0.5, 0.6) is 0 Å². The van der Waals surface area contributed by atoms with Gasteiger partial charge in [-0.3, -0.25) is 0 Å². The largest absolute Gasteiger partial charge is 1.00 e. The average molecular weight is 223 g/mol. The van der Waals surface area contributed by atoms with E-state index in [1.54, 1.807) is 13.8 Å². The van der Waals surface area contributed by atoms with Gasteiger partial charge >= 0.3 is 58.4 Å². The second-order valence-corrected chi connectivity index (χ2v) is 3.56. The van der Waals surface area contributed by atoms with E-state index < -0.39 is 19.0 Å². The van der Waals surface area contributed by atoms with Crippen molar-refractivity contribution in [3.8, 4) is 0 Å². The van der Waals surface area contributed by atoms with Crippen molar-refractivity contribution >= 4 is 6.98 Å². The van der Waals surface area contributed by atoms with Gasteiger partial charge in [0, 0.05) is 5.54 Å². The van der Waals surface area contributed by atoms with Crippen LogP contribution in [0.15, 0.2) is 0 Å². The second kappa shape index (κ2) is 6.09. The van der Waals surface area contributed by atoms with Gasteiger partial charge in [-0.25, -0.2) is 0 Å². The molecule has 0 bridgehead atoms. The molecule has 0 saturated heterocycles. The molecule has 0 amide bonds. The number of halogens is 3. The van der Waals surface area contributed by atoms with Crippen molar-refractivity contribution in [3.63, 3.8) is 0 Å². The SMILES string of the molecule is CN(C[B-](F)(F)F)C(C)(C)CO.[K+]. The molecule has 0 heterocycles. The van der Waals surface area contributed by atoms with E-state index in [-0.39, 0.29) is 58.0 Å². The van der Waals surface area contributed by atoms with Crippen molar-refractivity contribution in [1.82, 2.24) is 4.90 Å². The fourth-order valence-electron chi connectivity index (χ4n) is 0.678. The first-order valence-corrected chi connectivity index (χ1v) is 3.72. The number of nitrogens with zero attached hydrogens (tertiary/aromatic N) is 1. The number of hydrogen-bond acceptors (Lipinski definition) is 2. The molecule has 0 rings (SSSR count). The van der Waals surface area contributed by atoms with Gasteiger partial charge in [0.2, 0.25) is 0 Å². The van der Waals surface area contributed by atoms with Gasteiger partial charge in [0.1, 0.15) is 0 Å². The molecular formula is C6H14BF3KNO. The maximum atomic E-state index is 11.9. The average Bonchev–Trinajstić information content (AvgIpc) is 1.84. The summed E-state index contributed by atoms with van der Waals surface area (Å²) >= 11 is 0. The van der Waals surface area contributed by atoms with E-state index in [0.29, 0.717) is 0 Å². The van der Waals surface area contributed by atoms with E-state index >= 15 is 0 Å². The molecule has 0 aromatic heterocycles.